The number of carbonyl (C=O) groups excluding carboxylic acids is 1. The molecule has 0 spiro atoms. The average Bonchev–Trinajstić information content (AvgIpc) is 3.13. The highest BCUT2D eigenvalue weighted by Crippen LogP contribution is 2.26. The Balaban J connectivity index is 1.60. The summed E-state index contributed by atoms with van der Waals surface area (Å²) in [6.07, 6.45) is 2.81. The van der Waals surface area contributed by atoms with Crippen LogP contribution in [0.2, 0.25) is 0 Å². The summed E-state index contributed by atoms with van der Waals surface area (Å²) in [4.78, 5) is 17.2. The van der Waals surface area contributed by atoms with Gasteiger partial charge in [-0.25, -0.2) is 8.42 Å². The van der Waals surface area contributed by atoms with Gasteiger partial charge in [-0.15, -0.1) is 0 Å². The molecular formula is C19H32N4O5S. The van der Waals surface area contributed by atoms with Gasteiger partial charge >= 0.3 is 0 Å². The average molecular weight is 429 g/mol. The summed E-state index contributed by atoms with van der Waals surface area (Å²) in [6.45, 7) is 6.94. The quantitative estimate of drug-likeness (QED) is 0.688. The first-order chi connectivity index (χ1) is 13.7. The van der Waals surface area contributed by atoms with E-state index in [1.807, 2.05) is 13.8 Å². The smallest absolute Gasteiger partial charge is 0.243 e. The summed E-state index contributed by atoms with van der Waals surface area (Å²) >= 11 is 0. The van der Waals surface area contributed by atoms with Crippen molar-refractivity contribution in [2.24, 2.45) is 0 Å². The molecule has 29 heavy (non-hydrogen) atoms. The van der Waals surface area contributed by atoms with Gasteiger partial charge < -0.3 is 14.6 Å². The summed E-state index contributed by atoms with van der Waals surface area (Å²) in [5.74, 6) is 1.35. The fraction of sp³-hybridized carbons (Fsp3) is 0.789. The van der Waals surface area contributed by atoms with Crippen LogP contribution in [0.1, 0.15) is 38.9 Å². The van der Waals surface area contributed by atoms with E-state index in [0.717, 1.165) is 25.8 Å². The van der Waals surface area contributed by atoms with E-state index in [4.69, 9.17) is 9.26 Å². The Hall–Kier alpha value is -1.49. The Bertz CT molecular complexity index is 793. The topological polar surface area (TPSA) is 105 Å². The lowest BCUT2D eigenvalue weighted by Gasteiger charge is -2.39. The van der Waals surface area contributed by atoms with Gasteiger partial charge in [0, 0.05) is 38.2 Å². The molecule has 1 amide bonds. The Labute approximate surface area is 172 Å². The molecule has 0 radical (unpaired) electrons. The number of methoxy groups -OCH3 is 1. The van der Waals surface area contributed by atoms with Crippen molar-refractivity contribution in [1.82, 2.24) is 15.0 Å². The Morgan fingerprint density at radius 1 is 1.31 bits per heavy atom. The lowest BCUT2D eigenvalue weighted by atomic mass is 9.91. The van der Waals surface area contributed by atoms with E-state index in [2.05, 4.69) is 20.3 Å². The molecule has 1 N–H and O–H groups in total. The molecule has 10 heteroatoms. The molecule has 2 aliphatic heterocycles. The fourth-order valence-electron chi connectivity index (χ4n) is 3.90. The van der Waals surface area contributed by atoms with Crippen molar-refractivity contribution in [3.63, 3.8) is 0 Å². The predicted octanol–water partition coefficient (Wildman–Crippen LogP) is 1.08. The summed E-state index contributed by atoms with van der Waals surface area (Å²) < 4.78 is 33.9. The molecule has 0 saturated carbocycles. The standard InChI is InChI=1S/C19H32N4O5S/c1-19(2,13-27-3)16-12-17(21-28-16)20-18(24)15-6-4-5-7-23(15)14-22-8-10-29(25,26)11-9-22/h12,15H,4-11,13-14H2,1-3H3,(H,20,21,24). The zero-order valence-corrected chi connectivity index (χ0v) is 18.3. The molecule has 164 valence electrons. The van der Waals surface area contributed by atoms with Crippen LogP contribution < -0.4 is 5.32 Å². The number of piperidine rings is 1. The molecule has 1 aromatic heterocycles. The molecule has 9 nitrogen and oxygen atoms in total. The number of rotatable bonds is 7. The number of carbonyl (C=O) groups is 1. The minimum atomic E-state index is -2.91. The van der Waals surface area contributed by atoms with E-state index in [-0.39, 0.29) is 28.9 Å². The van der Waals surface area contributed by atoms with Crippen LogP contribution in [-0.4, -0.2) is 86.8 Å². The molecule has 0 aliphatic carbocycles. The molecule has 2 fully saturated rings. The Morgan fingerprint density at radius 2 is 2.03 bits per heavy atom. The minimum absolute atomic E-state index is 0.0984. The van der Waals surface area contributed by atoms with Gasteiger partial charge in [0.05, 0.1) is 30.8 Å². The van der Waals surface area contributed by atoms with Crippen LogP contribution in [0, 0.1) is 0 Å². The maximum Gasteiger partial charge on any atom is 0.243 e. The molecule has 2 aliphatic rings. The number of nitrogens with one attached hydrogen (secondary N) is 1. The molecule has 2 saturated heterocycles. The molecule has 1 unspecified atom stereocenters. The molecule has 1 atom stereocenters. The summed E-state index contributed by atoms with van der Waals surface area (Å²) in [6, 6.07) is 1.49. The highest BCUT2D eigenvalue weighted by molar-refractivity contribution is 7.91. The van der Waals surface area contributed by atoms with Crippen molar-refractivity contribution in [3.05, 3.63) is 11.8 Å². The van der Waals surface area contributed by atoms with Crippen LogP contribution in [0.25, 0.3) is 0 Å². The number of nitrogens with zero attached hydrogens (tertiary/aromatic N) is 3. The van der Waals surface area contributed by atoms with E-state index in [1.165, 1.54) is 0 Å². The lowest BCUT2D eigenvalue weighted by molar-refractivity contribution is -0.123. The highest BCUT2D eigenvalue weighted by Gasteiger charge is 2.32. The number of hydrogen-bond donors (Lipinski definition) is 1. The highest BCUT2D eigenvalue weighted by atomic mass is 32.2. The Morgan fingerprint density at radius 3 is 2.72 bits per heavy atom. The normalized spacial score (nSPS) is 23.8. The predicted molar refractivity (Wildman–Crippen MR) is 109 cm³/mol. The fourth-order valence-corrected chi connectivity index (χ4v) is 5.18. The number of aromatic nitrogens is 1. The maximum absolute atomic E-state index is 12.9. The number of ether oxygens (including phenoxy) is 1. The van der Waals surface area contributed by atoms with Crippen LogP contribution in [0.4, 0.5) is 5.82 Å². The first kappa shape index (κ1) is 22.2. The SMILES string of the molecule is COCC(C)(C)c1cc(NC(=O)C2CCCCN2CN2CCS(=O)(=O)CC2)no1. The number of anilines is 1. The summed E-state index contributed by atoms with van der Waals surface area (Å²) in [5.41, 5.74) is -0.337. The molecule has 0 aromatic carbocycles. The van der Waals surface area contributed by atoms with E-state index < -0.39 is 9.84 Å². The van der Waals surface area contributed by atoms with Crippen molar-refractivity contribution in [2.75, 3.05) is 56.8 Å². The third-order valence-electron chi connectivity index (χ3n) is 5.67. The molecular weight excluding hydrogens is 396 g/mol. The van der Waals surface area contributed by atoms with Gasteiger partial charge in [0.25, 0.3) is 0 Å². The van der Waals surface area contributed by atoms with Crippen LogP contribution in [-0.2, 0) is 24.8 Å². The van der Waals surface area contributed by atoms with E-state index in [1.54, 1.807) is 13.2 Å². The van der Waals surface area contributed by atoms with Crippen molar-refractivity contribution < 1.29 is 22.5 Å². The summed E-state index contributed by atoms with van der Waals surface area (Å²) in [5, 5.41) is 6.88. The number of likely N-dealkylation sites (tertiary alicyclic amines) is 1. The second-order valence-corrected chi connectivity index (χ2v) is 10.9. The van der Waals surface area contributed by atoms with Gasteiger partial charge in [-0.3, -0.25) is 14.6 Å². The van der Waals surface area contributed by atoms with Crippen LogP contribution in [0.5, 0.6) is 0 Å². The zero-order chi connectivity index (χ0) is 21.1. The van der Waals surface area contributed by atoms with Crippen molar-refractivity contribution in [3.8, 4) is 0 Å². The van der Waals surface area contributed by atoms with Gasteiger partial charge in [-0.2, -0.15) is 0 Å². The van der Waals surface area contributed by atoms with E-state index >= 15 is 0 Å². The minimum Gasteiger partial charge on any atom is -0.384 e. The van der Waals surface area contributed by atoms with Gasteiger partial charge in [0.2, 0.25) is 5.91 Å². The van der Waals surface area contributed by atoms with Gasteiger partial charge in [-0.1, -0.05) is 25.4 Å². The molecule has 3 heterocycles. The number of hydrogen-bond acceptors (Lipinski definition) is 8. The third-order valence-corrected chi connectivity index (χ3v) is 7.28. The van der Waals surface area contributed by atoms with Crippen LogP contribution in [0.15, 0.2) is 10.6 Å². The first-order valence-electron chi connectivity index (χ1n) is 10.1. The third kappa shape index (κ3) is 5.78. The second kappa shape index (κ2) is 9.11. The van der Waals surface area contributed by atoms with Crippen LogP contribution in [0.3, 0.4) is 0 Å². The van der Waals surface area contributed by atoms with Gasteiger partial charge in [0.15, 0.2) is 15.7 Å². The Kier molecular flexibility index (Phi) is 6.98. The van der Waals surface area contributed by atoms with Crippen molar-refractivity contribution in [1.29, 1.82) is 0 Å². The van der Waals surface area contributed by atoms with Crippen molar-refractivity contribution in [2.45, 2.75) is 44.6 Å². The molecule has 1 aromatic rings. The molecule has 0 bridgehead atoms. The molecule has 3 rings (SSSR count). The van der Waals surface area contributed by atoms with Gasteiger partial charge in [-0.05, 0) is 12.8 Å². The lowest BCUT2D eigenvalue weighted by Crippen LogP contribution is -2.53. The second-order valence-electron chi connectivity index (χ2n) is 8.62. The van der Waals surface area contributed by atoms with E-state index in [0.29, 0.717) is 37.9 Å². The number of amides is 1. The first-order valence-corrected chi connectivity index (χ1v) is 12.0. The monoisotopic (exact) mass is 428 g/mol. The zero-order valence-electron chi connectivity index (χ0n) is 17.5. The van der Waals surface area contributed by atoms with Crippen LogP contribution >= 0.6 is 0 Å². The number of sulfone groups is 1. The van der Waals surface area contributed by atoms with Gasteiger partial charge in [0.1, 0.15) is 5.76 Å². The van der Waals surface area contributed by atoms with E-state index in [9.17, 15) is 13.2 Å². The van der Waals surface area contributed by atoms with Crippen molar-refractivity contribution >= 4 is 21.6 Å². The largest absolute Gasteiger partial charge is 0.384 e. The summed E-state index contributed by atoms with van der Waals surface area (Å²) in [7, 11) is -1.27. The maximum atomic E-state index is 12.9.